The van der Waals surface area contributed by atoms with Gasteiger partial charge in [0.05, 0.1) is 5.39 Å². The van der Waals surface area contributed by atoms with E-state index in [2.05, 4.69) is 15.1 Å². The van der Waals surface area contributed by atoms with Crippen molar-refractivity contribution in [3.63, 3.8) is 0 Å². The monoisotopic (exact) mass is 246 g/mol. The van der Waals surface area contributed by atoms with Crippen LogP contribution in [0.1, 0.15) is 23.3 Å². The number of aromatic amines is 1. The molecule has 3 aromatic rings. The summed E-state index contributed by atoms with van der Waals surface area (Å²) in [5, 5.41) is 3.71. The van der Waals surface area contributed by atoms with Gasteiger partial charge < -0.3 is 0 Å². The van der Waals surface area contributed by atoms with Crippen molar-refractivity contribution in [2.24, 2.45) is 0 Å². The van der Waals surface area contributed by atoms with Gasteiger partial charge in [-0.25, -0.2) is 19.4 Å². The molecular weight excluding hydrogens is 236 g/mol. The van der Waals surface area contributed by atoms with E-state index in [0.29, 0.717) is 0 Å². The zero-order chi connectivity index (χ0) is 11.4. The summed E-state index contributed by atoms with van der Waals surface area (Å²) < 4.78 is 1.62. The van der Waals surface area contributed by atoms with Crippen molar-refractivity contribution >= 4 is 27.2 Å². The second-order valence-corrected chi connectivity index (χ2v) is 5.44. The van der Waals surface area contributed by atoms with E-state index in [0.717, 1.165) is 28.7 Å². The molecule has 1 aliphatic carbocycles. The van der Waals surface area contributed by atoms with Crippen LogP contribution in [0.4, 0.5) is 0 Å². The number of fused-ring (bicyclic) bond motifs is 5. The Kier molecular flexibility index (Phi) is 1.74. The molecule has 0 aliphatic heterocycles. The van der Waals surface area contributed by atoms with Gasteiger partial charge >= 0.3 is 5.69 Å². The van der Waals surface area contributed by atoms with E-state index in [1.165, 1.54) is 23.3 Å². The lowest BCUT2D eigenvalue weighted by Crippen LogP contribution is -2.01. The van der Waals surface area contributed by atoms with Crippen molar-refractivity contribution in [1.29, 1.82) is 0 Å². The van der Waals surface area contributed by atoms with Crippen molar-refractivity contribution in [3.8, 4) is 0 Å². The first kappa shape index (κ1) is 9.35. The Morgan fingerprint density at radius 3 is 3.18 bits per heavy atom. The van der Waals surface area contributed by atoms with Crippen molar-refractivity contribution in [2.75, 3.05) is 0 Å². The van der Waals surface area contributed by atoms with Crippen LogP contribution in [-0.4, -0.2) is 19.6 Å². The molecule has 0 radical (unpaired) electrons. The van der Waals surface area contributed by atoms with E-state index in [9.17, 15) is 4.79 Å². The van der Waals surface area contributed by atoms with Crippen LogP contribution in [0.2, 0.25) is 0 Å². The molecule has 0 amide bonds. The van der Waals surface area contributed by atoms with Gasteiger partial charge in [-0.15, -0.1) is 11.3 Å². The molecule has 0 atom stereocenters. The van der Waals surface area contributed by atoms with Gasteiger partial charge in [-0.3, -0.25) is 0 Å². The Labute approximate surface area is 100 Å². The van der Waals surface area contributed by atoms with Gasteiger partial charge in [-0.2, -0.15) is 4.98 Å². The molecule has 0 aromatic carbocycles. The van der Waals surface area contributed by atoms with Crippen LogP contribution in [0, 0.1) is 0 Å². The number of hydrogen-bond acceptors (Lipinski definition) is 4. The van der Waals surface area contributed by atoms with Crippen LogP contribution in [0.15, 0.2) is 11.1 Å². The van der Waals surface area contributed by atoms with Crippen LogP contribution in [0.25, 0.3) is 15.9 Å². The quantitative estimate of drug-likeness (QED) is 0.654. The molecule has 1 aliphatic rings. The fourth-order valence-corrected chi connectivity index (χ4v) is 3.80. The van der Waals surface area contributed by atoms with Gasteiger partial charge in [0.15, 0.2) is 5.65 Å². The Bertz CT molecular complexity index is 782. The van der Waals surface area contributed by atoms with Gasteiger partial charge in [0, 0.05) is 4.88 Å². The maximum Gasteiger partial charge on any atom is 0.362 e. The molecule has 6 heteroatoms. The largest absolute Gasteiger partial charge is 0.362 e. The number of hydrogen-bond donors (Lipinski definition) is 1. The lowest BCUT2D eigenvalue weighted by Gasteiger charge is -2.09. The standard InChI is InChI=1S/C11H10N4OS/c16-11-13-9-8-6-3-1-2-4-7(6)17-10(8)12-5-15(9)14-11/h5H,1-4H2,(H,14,16). The zero-order valence-corrected chi connectivity index (χ0v) is 9.88. The van der Waals surface area contributed by atoms with Gasteiger partial charge in [0.1, 0.15) is 11.2 Å². The van der Waals surface area contributed by atoms with Crippen LogP contribution >= 0.6 is 11.3 Å². The molecule has 4 rings (SSSR count). The van der Waals surface area contributed by atoms with Crippen molar-refractivity contribution in [3.05, 3.63) is 27.3 Å². The molecule has 5 nitrogen and oxygen atoms in total. The third kappa shape index (κ3) is 1.21. The van der Waals surface area contributed by atoms with Gasteiger partial charge in [0.2, 0.25) is 0 Å². The summed E-state index contributed by atoms with van der Waals surface area (Å²) in [6, 6.07) is 0. The van der Waals surface area contributed by atoms with Crippen LogP contribution < -0.4 is 5.69 Å². The van der Waals surface area contributed by atoms with Crippen LogP contribution in [0.5, 0.6) is 0 Å². The topological polar surface area (TPSA) is 63.1 Å². The molecular formula is C11H10N4OS. The Balaban J connectivity index is 2.23. The number of rotatable bonds is 0. The minimum atomic E-state index is -0.310. The minimum Gasteiger partial charge on any atom is -0.244 e. The number of nitrogens with zero attached hydrogens (tertiary/aromatic N) is 3. The lowest BCUT2D eigenvalue weighted by molar-refractivity contribution is 0.700. The Hall–Kier alpha value is -1.69. The predicted molar refractivity (Wildman–Crippen MR) is 65.6 cm³/mol. The lowest BCUT2D eigenvalue weighted by atomic mass is 9.97. The summed E-state index contributed by atoms with van der Waals surface area (Å²) in [4.78, 5) is 22.2. The molecule has 86 valence electrons. The average Bonchev–Trinajstić information content (AvgIpc) is 2.87. The second-order valence-electron chi connectivity index (χ2n) is 4.36. The number of H-pyrrole nitrogens is 1. The molecule has 0 bridgehead atoms. The summed E-state index contributed by atoms with van der Waals surface area (Å²) in [6.07, 6.45) is 6.32. The van der Waals surface area contributed by atoms with Crippen LogP contribution in [-0.2, 0) is 12.8 Å². The molecule has 3 aromatic heterocycles. The maximum atomic E-state index is 11.3. The molecule has 0 unspecified atom stereocenters. The Morgan fingerprint density at radius 2 is 2.24 bits per heavy atom. The number of aromatic nitrogens is 4. The molecule has 0 saturated heterocycles. The summed E-state index contributed by atoms with van der Waals surface area (Å²) in [7, 11) is 0. The third-order valence-electron chi connectivity index (χ3n) is 3.32. The van der Waals surface area contributed by atoms with E-state index in [1.54, 1.807) is 22.2 Å². The molecule has 0 spiro atoms. The highest BCUT2D eigenvalue weighted by atomic mass is 32.1. The number of aryl methyl sites for hydroxylation is 2. The first-order valence-corrected chi connectivity index (χ1v) is 6.52. The maximum absolute atomic E-state index is 11.3. The van der Waals surface area contributed by atoms with Gasteiger partial charge in [-0.05, 0) is 31.2 Å². The van der Waals surface area contributed by atoms with Crippen molar-refractivity contribution in [2.45, 2.75) is 25.7 Å². The summed E-state index contributed by atoms with van der Waals surface area (Å²) in [6.45, 7) is 0. The van der Waals surface area contributed by atoms with Crippen molar-refractivity contribution in [1.82, 2.24) is 19.6 Å². The smallest absolute Gasteiger partial charge is 0.244 e. The molecule has 17 heavy (non-hydrogen) atoms. The van der Waals surface area contributed by atoms with E-state index in [-0.39, 0.29) is 5.69 Å². The van der Waals surface area contributed by atoms with E-state index < -0.39 is 0 Å². The summed E-state index contributed by atoms with van der Waals surface area (Å²) in [5.41, 5.74) is 1.77. The van der Waals surface area contributed by atoms with Gasteiger partial charge in [-0.1, -0.05) is 0 Å². The van der Waals surface area contributed by atoms with E-state index in [4.69, 9.17) is 0 Å². The second kappa shape index (κ2) is 3.16. The highest BCUT2D eigenvalue weighted by molar-refractivity contribution is 7.19. The fourth-order valence-electron chi connectivity index (χ4n) is 2.57. The normalized spacial score (nSPS) is 15.5. The number of thiophene rings is 1. The van der Waals surface area contributed by atoms with Crippen molar-refractivity contribution < 1.29 is 0 Å². The molecule has 3 heterocycles. The van der Waals surface area contributed by atoms with E-state index in [1.807, 2.05) is 0 Å². The minimum absolute atomic E-state index is 0.310. The van der Waals surface area contributed by atoms with E-state index >= 15 is 0 Å². The highest BCUT2D eigenvalue weighted by Crippen LogP contribution is 2.36. The summed E-state index contributed by atoms with van der Waals surface area (Å²) >= 11 is 1.74. The van der Waals surface area contributed by atoms with Gasteiger partial charge in [0.25, 0.3) is 0 Å². The van der Waals surface area contributed by atoms with Crippen LogP contribution in [0.3, 0.4) is 0 Å². The predicted octanol–water partition coefficient (Wildman–Crippen LogP) is 1.51. The summed E-state index contributed by atoms with van der Waals surface area (Å²) in [5.74, 6) is 0. The highest BCUT2D eigenvalue weighted by Gasteiger charge is 2.19. The number of nitrogens with one attached hydrogen (secondary N) is 1. The first-order valence-electron chi connectivity index (χ1n) is 5.70. The Morgan fingerprint density at radius 1 is 1.35 bits per heavy atom. The third-order valence-corrected chi connectivity index (χ3v) is 4.52. The molecule has 0 fully saturated rings. The SMILES string of the molecule is O=c1nc2c3c4c(sc3ncn2[nH]1)CCCC4. The average molecular weight is 246 g/mol. The zero-order valence-electron chi connectivity index (χ0n) is 9.06. The molecule has 1 N–H and O–H groups in total. The first-order chi connectivity index (χ1) is 8.33. The fraction of sp³-hybridized carbons (Fsp3) is 0.364. The molecule has 0 saturated carbocycles.